The predicted octanol–water partition coefficient (Wildman–Crippen LogP) is 2.05. The van der Waals surface area contributed by atoms with E-state index in [9.17, 15) is 0 Å². The Morgan fingerprint density at radius 3 is 1.36 bits per heavy atom. The summed E-state index contributed by atoms with van der Waals surface area (Å²) in [5.74, 6) is 0. The molecule has 0 bridgehead atoms. The van der Waals surface area contributed by atoms with E-state index in [1.54, 1.807) is 23.3 Å². The van der Waals surface area contributed by atoms with Crippen molar-refractivity contribution in [2.24, 2.45) is 0 Å². The third-order valence-electron chi connectivity index (χ3n) is 3.68. The number of hydrogen-bond acceptors (Lipinski definition) is 0. The van der Waals surface area contributed by atoms with E-state index < -0.39 is 0 Å². The van der Waals surface area contributed by atoms with Crippen LogP contribution in [0.1, 0.15) is 11.1 Å². The zero-order valence-electron chi connectivity index (χ0n) is 16.3. The molecule has 0 amide bonds. The Morgan fingerprint density at radius 1 is 0.750 bits per heavy atom. The Bertz CT molecular complexity index is 952. The second-order valence-corrected chi connectivity index (χ2v) is 17.6. The van der Waals surface area contributed by atoms with Gasteiger partial charge in [0.25, 0.3) is 0 Å². The summed E-state index contributed by atoms with van der Waals surface area (Å²) in [7, 11) is 0. The van der Waals surface area contributed by atoms with Gasteiger partial charge in [-0.2, -0.15) is 12.1 Å². The zero-order valence-corrected chi connectivity index (χ0v) is 26.1. The van der Waals surface area contributed by atoms with Crippen molar-refractivity contribution in [3.8, 4) is 0 Å². The Balaban J connectivity index is 0.000000415. The van der Waals surface area contributed by atoms with Crippen LogP contribution in [-0.2, 0) is 23.3 Å². The normalized spacial score (nSPS) is 9.43. The molecule has 0 aromatic heterocycles. The molecule has 0 aliphatic heterocycles. The van der Waals surface area contributed by atoms with E-state index in [4.69, 9.17) is 0 Å². The van der Waals surface area contributed by atoms with Gasteiger partial charge < -0.3 is 34.0 Å². The molecule has 28 heavy (non-hydrogen) atoms. The molecule has 0 radical (unpaired) electrons. The molecule has 0 saturated heterocycles. The number of rotatable bonds is 0. The average molecular weight is 725 g/mol. The molecule has 0 N–H and O–H groups in total. The first-order valence-corrected chi connectivity index (χ1v) is 16.2. The van der Waals surface area contributed by atoms with Crippen LogP contribution in [0.25, 0.3) is 21.5 Å². The molecule has 0 aliphatic rings. The van der Waals surface area contributed by atoms with Crippen LogP contribution >= 0.6 is 31.9 Å². The van der Waals surface area contributed by atoms with E-state index in [1.807, 2.05) is 0 Å². The topological polar surface area (TPSA) is 0 Å². The number of aryl methyl sites for hydroxylation is 2. The van der Waals surface area contributed by atoms with Crippen molar-refractivity contribution in [1.29, 1.82) is 0 Å². The van der Waals surface area contributed by atoms with Gasteiger partial charge in [0.1, 0.15) is 0 Å². The van der Waals surface area contributed by atoms with Crippen molar-refractivity contribution < 1.29 is 57.3 Å². The summed E-state index contributed by atoms with van der Waals surface area (Å²) in [6.45, 7) is 8.85. The van der Waals surface area contributed by atoms with Gasteiger partial charge in [0.15, 0.2) is 0 Å². The van der Waals surface area contributed by atoms with Crippen molar-refractivity contribution >= 4 is 58.8 Å². The van der Waals surface area contributed by atoms with Gasteiger partial charge in [0, 0.05) is 0 Å². The minimum absolute atomic E-state index is 0. The third-order valence-corrected chi connectivity index (χ3v) is 5.07. The van der Waals surface area contributed by atoms with Crippen molar-refractivity contribution in [3.63, 3.8) is 0 Å². The van der Waals surface area contributed by atoms with Crippen molar-refractivity contribution in [2.75, 3.05) is 0 Å². The van der Waals surface area contributed by atoms with Crippen LogP contribution in [0.3, 0.4) is 0 Å². The van der Waals surface area contributed by atoms with Crippen LogP contribution < -0.4 is 34.0 Å². The van der Waals surface area contributed by atoms with E-state index in [1.165, 1.54) is 41.6 Å². The molecule has 0 spiro atoms. The molecule has 0 heterocycles. The summed E-state index contributed by atoms with van der Waals surface area (Å²) in [4.78, 5) is 0. The van der Waals surface area contributed by atoms with Gasteiger partial charge in [-0.1, -0.05) is 57.8 Å². The van der Waals surface area contributed by atoms with Crippen molar-refractivity contribution in [1.82, 2.24) is 0 Å². The number of halogens is 4. The molecule has 6 heteroatoms. The molecule has 0 atom stereocenters. The van der Waals surface area contributed by atoms with Crippen molar-refractivity contribution in [2.45, 2.75) is 26.9 Å². The summed E-state index contributed by atoms with van der Waals surface area (Å²) >= 11 is 8.76. The Kier molecular flexibility index (Phi) is 14.2. The minimum Gasteiger partial charge on any atom is -1.00 e. The van der Waals surface area contributed by atoms with E-state index in [0.29, 0.717) is 0 Å². The summed E-state index contributed by atoms with van der Waals surface area (Å²) in [5.41, 5.74) is 2.86. The summed E-state index contributed by atoms with van der Waals surface area (Å²) in [6.07, 6.45) is 0. The molecule has 4 rings (SSSR count). The Labute approximate surface area is 221 Å². The van der Waals surface area contributed by atoms with E-state index in [2.05, 4.69) is 119 Å². The first kappa shape index (κ1) is 28.7. The Hall–Kier alpha value is 0.680. The predicted molar refractivity (Wildman–Crippen MR) is 121 cm³/mol. The second kappa shape index (κ2) is 13.9. The van der Waals surface area contributed by atoms with Crippen molar-refractivity contribution in [3.05, 3.63) is 80.7 Å². The molecule has 0 fully saturated rings. The fraction of sp³-hybridized carbons (Fsp3) is 0.182. The molecular formula is C22H22Br4SiZr-2. The first-order chi connectivity index (χ1) is 12.3. The fourth-order valence-electron chi connectivity index (χ4n) is 2.69. The molecule has 0 unspecified atom stereocenters. The molecule has 0 aliphatic carbocycles. The summed E-state index contributed by atoms with van der Waals surface area (Å²) in [6, 6.07) is 21.3. The largest absolute Gasteiger partial charge is 1.00 e. The van der Waals surface area contributed by atoms with E-state index in [-0.39, 0.29) is 39.4 Å². The van der Waals surface area contributed by atoms with Gasteiger partial charge in [-0.15, -0.1) is 69.1 Å². The van der Waals surface area contributed by atoms with E-state index in [0.717, 1.165) is 0 Å². The van der Waals surface area contributed by atoms with Crippen LogP contribution in [0.15, 0.2) is 69.6 Å². The summed E-state index contributed by atoms with van der Waals surface area (Å²) in [5, 5.41) is 5.25. The first-order valence-electron chi connectivity index (χ1n) is 8.43. The van der Waals surface area contributed by atoms with Crippen LogP contribution in [0.2, 0.25) is 13.1 Å². The smallest absolute Gasteiger partial charge is 0.0262 e. The standard InChI is InChI=1S/2C10H8Br.C2H6Si.2BrH.Zr/c2*1-7-5-8-3-2-4-10(11)9(8)6-7;1-3-2;;;/h2*2-6H,1H3;1-2H3;2*1H;/q2*-1;;;;+2/p-2. The fourth-order valence-corrected chi connectivity index (χ4v) is 3.68. The maximum absolute atomic E-state index is 3.51. The third kappa shape index (κ3) is 8.81. The number of hydrogen-bond donors (Lipinski definition) is 0. The van der Waals surface area contributed by atoms with Crippen LogP contribution in [0.5, 0.6) is 0 Å². The SMILES string of the molecule is C[Si](C)=[Zr+2].Cc1cc2c(Br)cccc2[cH-]1.Cc1cc2c(Br)cccc2[cH-]1.[Br-].[Br-]. The van der Waals surface area contributed by atoms with Gasteiger partial charge >= 0.3 is 41.9 Å². The molecular weight excluding hydrogens is 703 g/mol. The van der Waals surface area contributed by atoms with Crippen LogP contribution in [0, 0.1) is 13.8 Å². The van der Waals surface area contributed by atoms with Gasteiger partial charge in [0.05, 0.1) is 0 Å². The maximum atomic E-state index is 3.51. The quantitative estimate of drug-likeness (QED) is 0.193. The molecule has 4 aromatic carbocycles. The minimum atomic E-state index is 0. The van der Waals surface area contributed by atoms with Gasteiger partial charge in [-0.05, 0) is 8.95 Å². The van der Waals surface area contributed by atoms with Crippen LogP contribution in [0.4, 0.5) is 0 Å². The molecule has 0 nitrogen and oxygen atoms in total. The van der Waals surface area contributed by atoms with Crippen LogP contribution in [-0.4, -0.2) is 5.43 Å². The van der Waals surface area contributed by atoms with E-state index >= 15 is 0 Å². The number of fused-ring (bicyclic) bond motifs is 2. The molecule has 148 valence electrons. The Morgan fingerprint density at radius 2 is 1.07 bits per heavy atom. The molecule has 4 aromatic rings. The second-order valence-electron chi connectivity index (χ2n) is 6.55. The monoisotopic (exact) mass is 720 g/mol. The number of benzene rings is 2. The average Bonchev–Trinajstić information content (AvgIpc) is 3.11. The maximum Gasteiger partial charge on any atom is -0.0262 e. The van der Waals surface area contributed by atoms with Gasteiger partial charge in [-0.25, -0.2) is 0 Å². The summed E-state index contributed by atoms with van der Waals surface area (Å²) < 4.78 is 2.37. The van der Waals surface area contributed by atoms with Gasteiger partial charge in [0.2, 0.25) is 0 Å². The van der Waals surface area contributed by atoms with Gasteiger partial charge in [-0.3, -0.25) is 0 Å². The zero-order chi connectivity index (χ0) is 19.3. The molecule has 0 saturated carbocycles.